The lowest BCUT2D eigenvalue weighted by atomic mass is 9.96. The summed E-state index contributed by atoms with van der Waals surface area (Å²) in [6, 6.07) is 16.9. The molecule has 1 amide bonds. The van der Waals surface area contributed by atoms with Crippen LogP contribution >= 0.6 is 0 Å². The van der Waals surface area contributed by atoms with Crippen molar-refractivity contribution in [1.29, 1.82) is 0 Å². The zero-order chi connectivity index (χ0) is 17.6. The number of rotatable bonds is 7. The number of hydrogen-bond acceptors (Lipinski definition) is 3. The van der Waals surface area contributed by atoms with Crippen molar-refractivity contribution in [1.82, 2.24) is 5.32 Å². The van der Waals surface area contributed by atoms with Gasteiger partial charge >= 0.3 is 0 Å². The average Bonchev–Trinajstić information content (AvgIpc) is 2.55. The van der Waals surface area contributed by atoms with Crippen molar-refractivity contribution in [2.24, 2.45) is 0 Å². The van der Waals surface area contributed by atoms with Gasteiger partial charge in [-0.15, -0.1) is 0 Å². The number of benzene rings is 2. The molecule has 0 saturated carbocycles. The molecule has 0 saturated heterocycles. The maximum absolute atomic E-state index is 12.4. The first-order valence-electron chi connectivity index (χ1n) is 7.99. The summed E-state index contributed by atoms with van der Waals surface area (Å²) in [6.07, 6.45) is 2.11. The Morgan fingerprint density at radius 2 is 1.79 bits per heavy atom. The lowest BCUT2D eigenvalue weighted by molar-refractivity contribution is 0.0951. The molecule has 0 bridgehead atoms. The Morgan fingerprint density at radius 3 is 2.42 bits per heavy atom. The molecule has 0 spiro atoms. The predicted molar refractivity (Wildman–Crippen MR) is 96.8 cm³/mol. The van der Waals surface area contributed by atoms with Crippen molar-refractivity contribution >= 4 is 15.7 Å². The minimum atomic E-state index is -3.12. The van der Waals surface area contributed by atoms with Crippen molar-refractivity contribution in [3.05, 3.63) is 71.3 Å². The van der Waals surface area contributed by atoms with Crippen molar-refractivity contribution < 1.29 is 13.2 Å². The molecule has 4 nitrogen and oxygen atoms in total. The number of hydrogen-bond donors (Lipinski definition) is 1. The Balaban J connectivity index is 2.03. The quantitative estimate of drug-likeness (QED) is 0.838. The van der Waals surface area contributed by atoms with Crippen LogP contribution in [0.2, 0.25) is 0 Å². The number of sulfone groups is 1. The molecule has 1 atom stereocenters. The van der Waals surface area contributed by atoms with Crippen LogP contribution in [0.15, 0.2) is 54.6 Å². The Kier molecular flexibility index (Phi) is 6.15. The number of carbonyl (C=O) groups excluding carboxylic acids is 1. The Bertz CT molecular complexity index is 785. The molecule has 1 unspecified atom stereocenters. The van der Waals surface area contributed by atoms with E-state index in [0.717, 1.165) is 6.42 Å². The molecule has 0 fully saturated rings. The zero-order valence-electron chi connectivity index (χ0n) is 14.0. The van der Waals surface area contributed by atoms with Crippen LogP contribution in [0.3, 0.4) is 0 Å². The van der Waals surface area contributed by atoms with E-state index in [4.69, 9.17) is 0 Å². The van der Waals surface area contributed by atoms with Gasteiger partial charge in [0.2, 0.25) is 0 Å². The van der Waals surface area contributed by atoms with E-state index in [9.17, 15) is 13.2 Å². The van der Waals surface area contributed by atoms with Gasteiger partial charge in [-0.3, -0.25) is 4.79 Å². The van der Waals surface area contributed by atoms with Crippen molar-refractivity contribution in [3.8, 4) is 0 Å². The van der Waals surface area contributed by atoms with Crippen LogP contribution in [0.1, 0.15) is 40.7 Å². The van der Waals surface area contributed by atoms with Gasteiger partial charge in [-0.05, 0) is 29.7 Å². The predicted octanol–water partition coefficient (Wildman–Crippen LogP) is 3.15. The van der Waals surface area contributed by atoms with Gasteiger partial charge in [-0.2, -0.15) is 0 Å². The van der Waals surface area contributed by atoms with Crippen LogP contribution in [0.4, 0.5) is 0 Å². The molecule has 0 radical (unpaired) electrons. The van der Waals surface area contributed by atoms with E-state index in [0.29, 0.717) is 17.7 Å². The topological polar surface area (TPSA) is 63.2 Å². The molecule has 2 rings (SSSR count). The maximum atomic E-state index is 12.4. The van der Waals surface area contributed by atoms with Crippen LogP contribution in [-0.2, 0) is 15.6 Å². The van der Waals surface area contributed by atoms with Gasteiger partial charge in [-0.25, -0.2) is 8.42 Å². The van der Waals surface area contributed by atoms with Crippen LogP contribution in [0.5, 0.6) is 0 Å². The van der Waals surface area contributed by atoms with Gasteiger partial charge in [0.25, 0.3) is 5.91 Å². The van der Waals surface area contributed by atoms with Gasteiger partial charge < -0.3 is 5.32 Å². The third-order valence-electron chi connectivity index (χ3n) is 3.89. The largest absolute Gasteiger partial charge is 0.351 e. The highest BCUT2D eigenvalue weighted by molar-refractivity contribution is 7.89. The number of nitrogens with one attached hydrogen (secondary N) is 1. The van der Waals surface area contributed by atoms with Crippen LogP contribution < -0.4 is 5.32 Å². The van der Waals surface area contributed by atoms with Gasteiger partial charge in [0.15, 0.2) is 9.84 Å². The SMILES string of the molecule is CCC(CNC(=O)c1cccc(CS(C)(=O)=O)c1)c1ccccc1. The van der Waals surface area contributed by atoms with Crippen molar-refractivity contribution in [3.63, 3.8) is 0 Å². The second-order valence-corrected chi connectivity index (χ2v) is 8.14. The number of carbonyl (C=O) groups is 1. The highest BCUT2D eigenvalue weighted by Gasteiger charge is 2.13. The molecule has 0 aliphatic rings. The number of amides is 1. The molecule has 0 aromatic heterocycles. The first kappa shape index (κ1) is 18.2. The summed E-state index contributed by atoms with van der Waals surface area (Å²) in [5, 5.41) is 2.95. The molecule has 1 N–H and O–H groups in total. The lowest BCUT2D eigenvalue weighted by Gasteiger charge is -2.16. The Morgan fingerprint density at radius 1 is 1.08 bits per heavy atom. The van der Waals surface area contributed by atoms with Gasteiger partial charge in [0, 0.05) is 24.3 Å². The molecule has 24 heavy (non-hydrogen) atoms. The fourth-order valence-electron chi connectivity index (χ4n) is 2.65. The molecule has 2 aromatic carbocycles. The van der Waals surface area contributed by atoms with Crippen LogP contribution in [0.25, 0.3) is 0 Å². The molecule has 0 aliphatic carbocycles. The first-order valence-corrected chi connectivity index (χ1v) is 10.0. The van der Waals surface area contributed by atoms with E-state index >= 15 is 0 Å². The third kappa shape index (κ3) is 5.49. The highest BCUT2D eigenvalue weighted by atomic mass is 32.2. The minimum absolute atomic E-state index is 0.0598. The minimum Gasteiger partial charge on any atom is -0.351 e. The van der Waals surface area contributed by atoms with E-state index in [2.05, 4.69) is 24.4 Å². The smallest absolute Gasteiger partial charge is 0.251 e. The van der Waals surface area contributed by atoms with E-state index in [-0.39, 0.29) is 17.6 Å². The fourth-order valence-corrected chi connectivity index (χ4v) is 3.43. The van der Waals surface area contributed by atoms with Crippen molar-refractivity contribution in [2.45, 2.75) is 25.0 Å². The lowest BCUT2D eigenvalue weighted by Crippen LogP contribution is -2.28. The average molecular weight is 345 g/mol. The summed E-state index contributed by atoms with van der Waals surface area (Å²) in [7, 11) is -3.12. The summed E-state index contributed by atoms with van der Waals surface area (Å²) in [5.41, 5.74) is 2.31. The maximum Gasteiger partial charge on any atom is 0.251 e. The normalized spacial score (nSPS) is 12.6. The summed E-state index contributed by atoms with van der Waals surface area (Å²) >= 11 is 0. The molecule has 5 heteroatoms. The van der Waals surface area contributed by atoms with Crippen LogP contribution in [0, 0.1) is 0 Å². The summed E-state index contributed by atoms with van der Waals surface area (Å²) in [4.78, 5) is 12.4. The monoisotopic (exact) mass is 345 g/mol. The van der Waals surface area contributed by atoms with Crippen molar-refractivity contribution in [2.75, 3.05) is 12.8 Å². The van der Waals surface area contributed by atoms with Gasteiger partial charge in [0.1, 0.15) is 0 Å². The fraction of sp³-hybridized carbons (Fsp3) is 0.316. The molecule has 2 aromatic rings. The van der Waals surface area contributed by atoms with E-state index in [1.807, 2.05) is 18.2 Å². The highest BCUT2D eigenvalue weighted by Crippen LogP contribution is 2.18. The molecular formula is C19H23NO3S. The zero-order valence-corrected chi connectivity index (χ0v) is 14.8. The second-order valence-electron chi connectivity index (χ2n) is 6.00. The van der Waals surface area contributed by atoms with E-state index in [1.165, 1.54) is 11.8 Å². The van der Waals surface area contributed by atoms with Gasteiger partial charge in [-0.1, -0.05) is 49.4 Å². The Hall–Kier alpha value is -2.14. The standard InChI is InChI=1S/C19H23NO3S/c1-3-16(17-9-5-4-6-10-17)13-20-19(21)18-11-7-8-15(12-18)14-24(2,22)23/h4-12,16H,3,13-14H2,1-2H3,(H,20,21). The van der Waals surface area contributed by atoms with E-state index < -0.39 is 9.84 Å². The molecule has 0 aliphatic heterocycles. The summed E-state index contributed by atoms with van der Waals surface area (Å²) in [6.45, 7) is 2.65. The van der Waals surface area contributed by atoms with Crippen LogP contribution in [-0.4, -0.2) is 27.1 Å². The summed E-state index contributed by atoms with van der Waals surface area (Å²) in [5.74, 6) is 0.0181. The molecule has 128 valence electrons. The van der Waals surface area contributed by atoms with Gasteiger partial charge in [0.05, 0.1) is 5.75 Å². The molecule has 0 heterocycles. The van der Waals surface area contributed by atoms with E-state index in [1.54, 1.807) is 24.3 Å². The third-order valence-corrected chi connectivity index (χ3v) is 4.75. The molecular weight excluding hydrogens is 322 g/mol. The Labute approximate surface area is 143 Å². The summed E-state index contributed by atoms with van der Waals surface area (Å²) < 4.78 is 22.8. The first-order chi connectivity index (χ1) is 11.4. The second kappa shape index (κ2) is 8.11.